The second-order valence-corrected chi connectivity index (χ2v) is 7.59. The molecule has 0 radical (unpaired) electrons. The van der Waals surface area contributed by atoms with Crippen LogP contribution in [0, 0.1) is 0 Å². The zero-order valence-electron chi connectivity index (χ0n) is 17.6. The summed E-state index contributed by atoms with van der Waals surface area (Å²) in [6.45, 7) is 4.31. The highest BCUT2D eigenvalue weighted by Gasteiger charge is 2.12. The number of likely N-dealkylation sites (N-methyl/N-ethyl adjacent to an activating group) is 1. The Morgan fingerprint density at radius 2 is 1.66 bits per heavy atom. The average Bonchev–Trinajstić information content (AvgIpc) is 3.22. The van der Waals surface area contributed by atoms with Crippen molar-refractivity contribution in [2.75, 3.05) is 46.2 Å². The first-order valence-electron chi connectivity index (χ1n) is 10.1. The number of hydrogen-bond donors (Lipinski definition) is 1. The van der Waals surface area contributed by atoms with E-state index in [1.54, 1.807) is 14.2 Å². The van der Waals surface area contributed by atoms with Crippen molar-refractivity contribution < 1.29 is 14.3 Å². The molecular formula is C23H31N3O3. The Hall–Kier alpha value is -2.57. The molecule has 0 unspecified atom stereocenters. The van der Waals surface area contributed by atoms with Gasteiger partial charge in [-0.3, -0.25) is 14.6 Å². The summed E-state index contributed by atoms with van der Waals surface area (Å²) >= 11 is 0. The van der Waals surface area contributed by atoms with Gasteiger partial charge >= 0.3 is 0 Å². The number of carbonyl (C=O) groups is 1. The normalized spacial score (nSPS) is 14.2. The van der Waals surface area contributed by atoms with Gasteiger partial charge in [-0.15, -0.1) is 0 Å². The number of amides is 1. The number of methoxy groups -OCH3 is 2. The van der Waals surface area contributed by atoms with Crippen LogP contribution >= 0.6 is 0 Å². The number of likely N-dealkylation sites (tertiary alicyclic amines) is 1. The van der Waals surface area contributed by atoms with E-state index in [0.29, 0.717) is 24.6 Å². The Morgan fingerprint density at radius 1 is 1.00 bits per heavy atom. The minimum Gasteiger partial charge on any atom is -0.493 e. The predicted molar refractivity (Wildman–Crippen MR) is 115 cm³/mol. The standard InChI is InChI=1S/C23H31N3O3/c1-25(15-19-8-11-21(28-2)22(14-19)29-3)17-23(27)24-20-9-6-18(7-10-20)16-26-12-4-5-13-26/h6-11,14H,4-5,12-13,15-17H2,1-3H3,(H,24,27). The molecule has 2 aromatic carbocycles. The first-order chi connectivity index (χ1) is 14.1. The Morgan fingerprint density at radius 3 is 2.31 bits per heavy atom. The lowest BCUT2D eigenvalue weighted by molar-refractivity contribution is -0.117. The van der Waals surface area contributed by atoms with Gasteiger partial charge in [-0.1, -0.05) is 18.2 Å². The number of hydrogen-bond acceptors (Lipinski definition) is 5. The van der Waals surface area contributed by atoms with E-state index >= 15 is 0 Å². The summed E-state index contributed by atoms with van der Waals surface area (Å²) in [7, 11) is 5.16. The van der Waals surface area contributed by atoms with Crippen LogP contribution in [-0.4, -0.2) is 56.6 Å². The van der Waals surface area contributed by atoms with Crippen LogP contribution in [0.2, 0.25) is 0 Å². The lowest BCUT2D eigenvalue weighted by Crippen LogP contribution is -2.29. The molecule has 0 spiro atoms. The quantitative estimate of drug-likeness (QED) is 0.703. The second-order valence-electron chi connectivity index (χ2n) is 7.59. The molecule has 0 saturated carbocycles. The van der Waals surface area contributed by atoms with E-state index in [9.17, 15) is 4.79 Å². The maximum absolute atomic E-state index is 12.4. The molecule has 0 aliphatic carbocycles. The fourth-order valence-corrected chi connectivity index (χ4v) is 3.68. The SMILES string of the molecule is COc1ccc(CN(C)CC(=O)Nc2ccc(CN3CCCC3)cc2)cc1OC. The van der Waals surface area contributed by atoms with Gasteiger partial charge in [0, 0.05) is 18.8 Å². The summed E-state index contributed by atoms with van der Waals surface area (Å²) in [5.41, 5.74) is 3.18. The monoisotopic (exact) mass is 397 g/mol. The first kappa shape index (κ1) is 21.1. The molecule has 1 aliphatic heterocycles. The Kier molecular flexibility index (Phi) is 7.49. The largest absolute Gasteiger partial charge is 0.493 e. The molecule has 156 valence electrons. The Bertz CT molecular complexity index is 802. The molecule has 6 heteroatoms. The highest BCUT2D eigenvalue weighted by molar-refractivity contribution is 5.92. The number of anilines is 1. The van der Waals surface area contributed by atoms with Crippen LogP contribution in [-0.2, 0) is 17.9 Å². The summed E-state index contributed by atoms with van der Waals surface area (Å²) in [6, 6.07) is 14.0. The van der Waals surface area contributed by atoms with Gasteiger partial charge in [0.15, 0.2) is 11.5 Å². The molecular weight excluding hydrogens is 366 g/mol. The number of carbonyl (C=O) groups excluding carboxylic acids is 1. The third kappa shape index (κ3) is 6.21. The molecule has 6 nitrogen and oxygen atoms in total. The molecule has 0 bridgehead atoms. The van der Waals surface area contributed by atoms with Gasteiger partial charge in [-0.25, -0.2) is 0 Å². The number of benzene rings is 2. The topological polar surface area (TPSA) is 54.0 Å². The third-order valence-corrected chi connectivity index (χ3v) is 5.16. The van der Waals surface area contributed by atoms with Crippen molar-refractivity contribution in [2.24, 2.45) is 0 Å². The van der Waals surface area contributed by atoms with Crippen molar-refractivity contribution >= 4 is 11.6 Å². The minimum absolute atomic E-state index is 0.0275. The maximum atomic E-state index is 12.4. The van der Waals surface area contributed by atoms with Gasteiger partial charge in [0.2, 0.25) is 5.91 Å². The minimum atomic E-state index is -0.0275. The lowest BCUT2D eigenvalue weighted by Gasteiger charge is -2.18. The summed E-state index contributed by atoms with van der Waals surface area (Å²) in [5, 5.41) is 2.98. The number of rotatable bonds is 9. The predicted octanol–water partition coefficient (Wildman–Crippen LogP) is 3.37. The number of nitrogens with one attached hydrogen (secondary N) is 1. The Labute approximate surface area is 173 Å². The van der Waals surface area contributed by atoms with E-state index < -0.39 is 0 Å². The molecule has 3 rings (SSSR count). The average molecular weight is 398 g/mol. The highest BCUT2D eigenvalue weighted by Crippen LogP contribution is 2.27. The zero-order chi connectivity index (χ0) is 20.6. The van der Waals surface area contributed by atoms with E-state index in [1.165, 1.54) is 31.5 Å². The summed E-state index contributed by atoms with van der Waals surface area (Å²) < 4.78 is 10.6. The highest BCUT2D eigenvalue weighted by atomic mass is 16.5. The van der Waals surface area contributed by atoms with Crippen molar-refractivity contribution in [1.82, 2.24) is 9.80 Å². The third-order valence-electron chi connectivity index (χ3n) is 5.16. The fraction of sp³-hybridized carbons (Fsp3) is 0.435. The molecule has 0 atom stereocenters. The van der Waals surface area contributed by atoms with Crippen LogP contribution in [0.15, 0.2) is 42.5 Å². The summed E-state index contributed by atoms with van der Waals surface area (Å²) in [5.74, 6) is 1.36. The van der Waals surface area contributed by atoms with Crippen molar-refractivity contribution in [3.63, 3.8) is 0 Å². The number of ether oxygens (including phenoxy) is 2. The molecule has 29 heavy (non-hydrogen) atoms. The van der Waals surface area contributed by atoms with Crippen molar-refractivity contribution in [3.05, 3.63) is 53.6 Å². The van der Waals surface area contributed by atoms with Crippen LogP contribution in [0.5, 0.6) is 11.5 Å². The second kappa shape index (κ2) is 10.3. The number of nitrogens with zero attached hydrogens (tertiary/aromatic N) is 2. The zero-order valence-corrected chi connectivity index (χ0v) is 17.6. The first-order valence-corrected chi connectivity index (χ1v) is 10.1. The van der Waals surface area contributed by atoms with Crippen molar-refractivity contribution in [2.45, 2.75) is 25.9 Å². The van der Waals surface area contributed by atoms with Gasteiger partial charge in [-0.2, -0.15) is 0 Å². The van der Waals surface area contributed by atoms with Crippen molar-refractivity contribution in [1.29, 1.82) is 0 Å². The van der Waals surface area contributed by atoms with Gasteiger partial charge < -0.3 is 14.8 Å². The molecule has 0 aromatic heterocycles. The Balaban J connectivity index is 1.48. The maximum Gasteiger partial charge on any atom is 0.238 e. The van der Waals surface area contributed by atoms with Gasteiger partial charge in [0.1, 0.15) is 0 Å². The van der Waals surface area contributed by atoms with Crippen LogP contribution in [0.1, 0.15) is 24.0 Å². The molecule has 1 aliphatic rings. The molecule has 2 aromatic rings. The fourth-order valence-electron chi connectivity index (χ4n) is 3.68. The van der Waals surface area contributed by atoms with E-state index in [2.05, 4.69) is 22.3 Å². The van der Waals surface area contributed by atoms with E-state index in [1.807, 2.05) is 42.3 Å². The molecule has 1 saturated heterocycles. The van der Waals surface area contributed by atoms with Crippen LogP contribution in [0.25, 0.3) is 0 Å². The molecule has 1 heterocycles. The molecule has 1 amide bonds. The van der Waals surface area contributed by atoms with Gasteiger partial charge in [0.05, 0.1) is 20.8 Å². The smallest absolute Gasteiger partial charge is 0.238 e. The van der Waals surface area contributed by atoms with E-state index in [4.69, 9.17) is 9.47 Å². The molecule has 1 N–H and O–H groups in total. The van der Waals surface area contributed by atoms with Gasteiger partial charge in [-0.05, 0) is 68.4 Å². The van der Waals surface area contributed by atoms with E-state index in [-0.39, 0.29) is 5.91 Å². The van der Waals surface area contributed by atoms with E-state index in [0.717, 1.165) is 17.8 Å². The summed E-state index contributed by atoms with van der Waals surface area (Å²) in [4.78, 5) is 16.8. The van der Waals surface area contributed by atoms with Gasteiger partial charge in [0.25, 0.3) is 0 Å². The van der Waals surface area contributed by atoms with Crippen molar-refractivity contribution in [3.8, 4) is 11.5 Å². The van der Waals surface area contributed by atoms with Crippen LogP contribution in [0.4, 0.5) is 5.69 Å². The van der Waals surface area contributed by atoms with Crippen LogP contribution < -0.4 is 14.8 Å². The summed E-state index contributed by atoms with van der Waals surface area (Å²) in [6.07, 6.45) is 2.59. The van der Waals surface area contributed by atoms with Crippen LogP contribution in [0.3, 0.4) is 0 Å². The lowest BCUT2D eigenvalue weighted by atomic mass is 10.2. The molecule has 1 fully saturated rings.